The molecule has 2 rings (SSSR count). The molecule has 1 heterocycles. The maximum Gasteiger partial charge on any atom is 0.188 e. The molecule has 4 heteroatoms. The summed E-state index contributed by atoms with van der Waals surface area (Å²) in [6.07, 6.45) is 3.92. The van der Waals surface area contributed by atoms with Crippen LogP contribution >= 0.6 is 0 Å². The number of nitrogens with two attached hydrogens (primary N) is 1. The van der Waals surface area contributed by atoms with Gasteiger partial charge in [-0.15, -0.1) is 0 Å². The Labute approximate surface area is 128 Å². The zero-order valence-electron chi connectivity index (χ0n) is 13.3. The minimum Gasteiger partial charge on any atom is -0.371 e. The summed E-state index contributed by atoms with van der Waals surface area (Å²) in [4.78, 5) is 6.96. The molecule has 0 unspecified atom stereocenters. The van der Waals surface area contributed by atoms with E-state index in [-0.39, 0.29) is 0 Å². The number of hydrogen-bond acceptors (Lipinski definition) is 2. The van der Waals surface area contributed by atoms with Crippen molar-refractivity contribution in [3.63, 3.8) is 0 Å². The second-order valence-corrected chi connectivity index (χ2v) is 6.15. The molecule has 0 saturated carbocycles. The standard InChI is InChI=1S/C17H28N4/c1-14(2)12-19-17(18)20-13-15-8-4-5-9-16(15)21-10-6-3-7-11-21/h4-5,8-9,14H,3,6-7,10-13H2,1-2H3,(H3,18,19,20). The molecule has 116 valence electrons. The number of benzene rings is 1. The zero-order valence-corrected chi connectivity index (χ0v) is 13.3. The van der Waals surface area contributed by atoms with Gasteiger partial charge in [0.25, 0.3) is 0 Å². The summed E-state index contributed by atoms with van der Waals surface area (Å²) in [6.45, 7) is 8.13. The summed E-state index contributed by atoms with van der Waals surface area (Å²) in [5.74, 6) is 1.11. The van der Waals surface area contributed by atoms with Crippen molar-refractivity contribution in [3.8, 4) is 0 Å². The lowest BCUT2D eigenvalue weighted by atomic mass is 10.1. The SMILES string of the molecule is CC(C)CNC(N)=NCc1ccccc1N1CCCCC1. The van der Waals surface area contributed by atoms with E-state index in [4.69, 9.17) is 5.73 Å². The van der Waals surface area contributed by atoms with Gasteiger partial charge in [-0.1, -0.05) is 32.0 Å². The van der Waals surface area contributed by atoms with Crippen LogP contribution in [0.25, 0.3) is 0 Å². The molecule has 3 N–H and O–H groups in total. The predicted octanol–water partition coefficient (Wildman–Crippen LogP) is 2.74. The lowest BCUT2D eigenvalue weighted by molar-refractivity contribution is 0.576. The predicted molar refractivity (Wildman–Crippen MR) is 90.7 cm³/mol. The monoisotopic (exact) mass is 288 g/mol. The molecule has 4 nitrogen and oxygen atoms in total. The Balaban J connectivity index is 2.00. The van der Waals surface area contributed by atoms with Crippen LogP contribution in [-0.4, -0.2) is 25.6 Å². The van der Waals surface area contributed by atoms with Gasteiger partial charge in [0.15, 0.2) is 5.96 Å². The van der Waals surface area contributed by atoms with E-state index < -0.39 is 0 Å². The first-order chi connectivity index (χ1) is 10.2. The molecule has 0 aromatic heterocycles. The van der Waals surface area contributed by atoms with Crippen LogP contribution in [0, 0.1) is 5.92 Å². The number of rotatable bonds is 5. The van der Waals surface area contributed by atoms with Crippen LogP contribution in [0.15, 0.2) is 29.3 Å². The van der Waals surface area contributed by atoms with Crippen LogP contribution in [0.3, 0.4) is 0 Å². The zero-order chi connectivity index (χ0) is 15.1. The third-order valence-corrected chi connectivity index (χ3v) is 3.80. The molecule has 0 amide bonds. The number of anilines is 1. The van der Waals surface area contributed by atoms with Gasteiger partial charge < -0.3 is 16.0 Å². The highest BCUT2D eigenvalue weighted by molar-refractivity contribution is 5.77. The van der Waals surface area contributed by atoms with Gasteiger partial charge in [0.2, 0.25) is 0 Å². The lowest BCUT2D eigenvalue weighted by Crippen LogP contribution is -2.34. The van der Waals surface area contributed by atoms with Gasteiger partial charge in [0.1, 0.15) is 0 Å². The van der Waals surface area contributed by atoms with E-state index >= 15 is 0 Å². The van der Waals surface area contributed by atoms with Crippen LogP contribution < -0.4 is 16.0 Å². The molecular formula is C17H28N4. The average Bonchev–Trinajstić information content (AvgIpc) is 2.52. The molecule has 1 aliphatic rings. The molecule has 1 fully saturated rings. The number of hydrogen-bond donors (Lipinski definition) is 2. The summed E-state index contributed by atoms with van der Waals surface area (Å²) < 4.78 is 0. The molecule has 1 aromatic carbocycles. The fourth-order valence-electron chi connectivity index (χ4n) is 2.62. The number of para-hydroxylation sites is 1. The molecule has 0 atom stereocenters. The van der Waals surface area contributed by atoms with Crippen molar-refractivity contribution in [3.05, 3.63) is 29.8 Å². The Morgan fingerprint density at radius 1 is 1.24 bits per heavy atom. The number of guanidine groups is 1. The van der Waals surface area contributed by atoms with Crippen molar-refractivity contribution < 1.29 is 0 Å². The average molecular weight is 288 g/mol. The summed E-state index contributed by atoms with van der Waals surface area (Å²) in [7, 11) is 0. The molecule has 0 aliphatic carbocycles. The van der Waals surface area contributed by atoms with Gasteiger partial charge >= 0.3 is 0 Å². The van der Waals surface area contributed by atoms with Gasteiger partial charge in [-0.05, 0) is 36.8 Å². The first-order valence-corrected chi connectivity index (χ1v) is 8.03. The van der Waals surface area contributed by atoms with Crippen LogP contribution in [0.4, 0.5) is 5.69 Å². The Kier molecular flexibility index (Phi) is 5.90. The second-order valence-electron chi connectivity index (χ2n) is 6.15. The normalized spacial score (nSPS) is 16.3. The van der Waals surface area contributed by atoms with Gasteiger partial charge in [0.05, 0.1) is 6.54 Å². The van der Waals surface area contributed by atoms with Crippen molar-refractivity contribution >= 4 is 11.6 Å². The molecule has 1 aromatic rings. The van der Waals surface area contributed by atoms with Gasteiger partial charge in [-0.25, -0.2) is 4.99 Å². The van der Waals surface area contributed by atoms with Gasteiger partial charge in [-0.2, -0.15) is 0 Å². The Hall–Kier alpha value is -1.71. The molecule has 0 spiro atoms. The van der Waals surface area contributed by atoms with Crippen molar-refractivity contribution in [1.29, 1.82) is 0 Å². The highest BCUT2D eigenvalue weighted by Gasteiger charge is 2.13. The highest BCUT2D eigenvalue weighted by atomic mass is 15.1. The minimum atomic E-state index is 0.539. The van der Waals surface area contributed by atoms with E-state index in [0.717, 1.165) is 19.6 Å². The Morgan fingerprint density at radius 3 is 2.67 bits per heavy atom. The maximum atomic E-state index is 5.92. The first-order valence-electron chi connectivity index (χ1n) is 8.03. The fourth-order valence-corrected chi connectivity index (χ4v) is 2.62. The third-order valence-electron chi connectivity index (χ3n) is 3.80. The van der Waals surface area contributed by atoms with Crippen molar-refractivity contribution in [2.24, 2.45) is 16.6 Å². The second kappa shape index (κ2) is 7.91. The number of aliphatic imine (C=N–C) groups is 1. The van der Waals surface area contributed by atoms with Crippen LogP contribution in [0.5, 0.6) is 0 Å². The van der Waals surface area contributed by atoms with Crippen molar-refractivity contribution in [2.45, 2.75) is 39.7 Å². The van der Waals surface area contributed by atoms with Crippen molar-refractivity contribution in [1.82, 2.24) is 5.32 Å². The number of piperidine rings is 1. The summed E-state index contributed by atoms with van der Waals surface area (Å²) in [5, 5.41) is 3.17. The van der Waals surface area contributed by atoms with E-state index in [1.807, 2.05) is 0 Å². The van der Waals surface area contributed by atoms with Crippen molar-refractivity contribution in [2.75, 3.05) is 24.5 Å². The van der Waals surface area contributed by atoms with Crippen LogP contribution in [0.1, 0.15) is 38.7 Å². The molecule has 1 saturated heterocycles. The summed E-state index contributed by atoms with van der Waals surface area (Å²) in [6, 6.07) is 8.55. The van der Waals surface area contributed by atoms with E-state index in [1.54, 1.807) is 0 Å². The fraction of sp³-hybridized carbons (Fsp3) is 0.588. The highest BCUT2D eigenvalue weighted by Crippen LogP contribution is 2.24. The number of nitrogens with zero attached hydrogens (tertiary/aromatic N) is 2. The molecule has 1 aliphatic heterocycles. The first kappa shape index (κ1) is 15.7. The van der Waals surface area contributed by atoms with Gasteiger partial charge in [-0.3, -0.25) is 0 Å². The van der Waals surface area contributed by atoms with E-state index in [2.05, 4.69) is 53.3 Å². The summed E-state index contributed by atoms with van der Waals surface area (Å²) in [5.41, 5.74) is 8.50. The molecule has 0 bridgehead atoms. The Morgan fingerprint density at radius 2 is 1.95 bits per heavy atom. The molecule has 21 heavy (non-hydrogen) atoms. The largest absolute Gasteiger partial charge is 0.371 e. The quantitative estimate of drug-likeness (QED) is 0.647. The van der Waals surface area contributed by atoms with E-state index in [1.165, 1.54) is 30.5 Å². The van der Waals surface area contributed by atoms with Crippen LogP contribution in [0.2, 0.25) is 0 Å². The molecule has 0 radical (unpaired) electrons. The van der Waals surface area contributed by atoms with Gasteiger partial charge in [0, 0.05) is 25.3 Å². The Bertz CT molecular complexity index is 462. The number of nitrogens with one attached hydrogen (secondary N) is 1. The topological polar surface area (TPSA) is 53.6 Å². The third kappa shape index (κ3) is 4.96. The maximum absolute atomic E-state index is 5.92. The van der Waals surface area contributed by atoms with E-state index in [9.17, 15) is 0 Å². The van der Waals surface area contributed by atoms with E-state index in [0.29, 0.717) is 18.4 Å². The lowest BCUT2D eigenvalue weighted by Gasteiger charge is -2.30. The van der Waals surface area contributed by atoms with Crippen LogP contribution in [-0.2, 0) is 6.54 Å². The molecular weight excluding hydrogens is 260 g/mol. The summed E-state index contributed by atoms with van der Waals surface area (Å²) >= 11 is 0. The minimum absolute atomic E-state index is 0.539. The smallest absolute Gasteiger partial charge is 0.188 e.